The van der Waals surface area contributed by atoms with Gasteiger partial charge in [-0.1, -0.05) is 56.3 Å². The smallest absolute Gasteiger partial charge is 0.242 e. The first-order chi connectivity index (χ1) is 17.9. The van der Waals surface area contributed by atoms with Crippen LogP contribution in [0.3, 0.4) is 0 Å². The first kappa shape index (κ1) is 27.4. The number of aryl methyl sites for hydroxylation is 1. The van der Waals surface area contributed by atoms with Crippen LogP contribution in [0.2, 0.25) is 0 Å². The highest BCUT2D eigenvalue weighted by Crippen LogP contribution is 2.37. The zero-order valence-corrected chi connectivity index (χ0v) is 22.4. The number of piperidine rings is 1. The molecule has 3 aliphatic heterocycles. The van der Waals surface area contributed by atoms with Crippen LogP contribution < -0.4 is 10.6 Å². The van der Waals surface area contributed by atoms with Crippen LogP contribution in [-0.2, 0) is 25.5 Å². The number of fused-ring (bicyclic) bond motifs is 1. The number of ether oxygens (including phenoxy) is 1. The molecule has 1 aromatic carbocycles. The molecule has 37 heavy (non-hydrogen) atoms. The molecular weight excluding hydrogens is 466 g/mol. The number of hydrogen-bond acceptors (Lipinski definition) is 4. The van der Waals surface area contributed by atoms with Crippen LogP contribution in [0.4, 0.5) is 0 Å². The Labute approximate surface area is 221 Å². The normalized spacial score (nSPS) is 26.6. The zero-order chi connectivity index (χ0) is 26.3. The van der Waals surface area contributed by atoms with Gasteiger partial charge in [-0.05, 0) is 56.4 Å². The fraction of sp³-hybridized carbons (Fsp3) is 0.633. The number of rotatable bonds is 5. The minimum Gasteiger partial charge on any atom is -0.381 e. The molecule has 0 unspecified atom stereocenters. The summed E-state index contributed by atoms with van der Waals surface area (Å²) in [6.07, 6.45) is 9.54. The minimum absolute atomic E-state index is 0.0570. The predicted octanol–water partition coefficient (Wildman–Crippen LogP) is 3.63. The van der Waals surface area contributed by atoms with Crippen molar-refractivity contribution in [2.45, 2.75) is 77.3 Å². The van der Waals surface area contributed by atoms with Gasteiger partial charge in [-0.25, -0.2) is 0 Å². The second-order valence-corrected chi connectivity index (χ2v) is 11.5. The molecule has 3 atom stereocenters. The van der Waals surface area contributed by atoms with Crippen LogP contribution in [0.5, 0.6) is 0 Å². The lowest BCUT2D eigenvalue weighted by molar-refractivity contribution is -0.142. The number of allylic oxidation sites excluding steroid dienone is 2. The number of hydrogen-bond donors (Lipinski definition) is 2. The number of carbonyl (C=O) groups is 3. The van der Waals surface area contributed by atoms with Gasteiger partial charge in [0.05, 0.1) is 12.0 Å². The van der Waals surface area contributed by atoms with Crippen LogP contribution >= 0.6 is 0 Å². The van der Waals surface area contributed by atoms with Crippen molar-refractivity contribution in [3.63, 3.8) is 0 Å². The standard InChI is InChI=1S/C30H43N3O4/c1-22(2)20-26-28(35)31-25-13-19-37-21-24(25)10-6-7-14-30(29(36)32-26)15-17-33(18-16-30)27(34)12-11-23-8-4-3-5-9-23/h3-9,22,24-26H,10-21H2,1-2H3,(H,31,35)(H,32,36)/t24-,25+,26+/m1/s1. The lowest BCUT2D eigenvalue weighted by Gasteiger charge is -2.41. The van der Waals surface area contributed by atoms with Crippen molar-refractivity contribution in [3.05, 3.63) is 48.0 Å². The molecule has 0 aliphatic carbocycles. The van der Waals surface area contributed by atoms with Gasteiger partial charge in [-0.3, -0.25) is 14.4 Å². The van der Waals surface area contributed by atoms with Gasteiger partial charge in [0.25, 0.3) is 0 Å². The summed E-state index contributed by atoms with van der Waals surface area (Å²) in [5, 5.41) is 6.38. The van der Waals surface area contributed by atoms with E-state index < -0.39 is 11.5 Å². The van der Waals surface area contributed by atoms with Gasteiger partial charge in [-0.15, -0.1) is 0 Å². The van der Waals surface area contributed by atoms with Crippen molar-refractivity contribution in [1.29, 1.82) is 0 Å². The van der Waals surface area contributed by atoms with Gasteiger partial charge in [0, 0.05) is 38.1 Å². The largest absolute Gasteiger partial charge is 0.381 e. The monoisotopic (exact) mass is 509 g/mol. The fourth-order valence-electron chi connectivity index (χ4n) is 5.86. The summed E-state index contributed by atoms with van der Waals surface area (Å²) < 4.78 is 5.71. The Hall–Kier alpha value is -2.67. The molecule has 7 heteroatoms. The predicted molar refractivity (Wildman–Crippen MR) is 144 cm³/mol. The lowest BCUT2D eigenvalue weighted by atomic mass is 9.74. The van der Waals surface area contributed by atoms with E-state index in [0.29, 0.717) is 58.4 Å². The van der Waals surface area contributed by atoms with Crippen LogP contribution in [0.25, 0.3) is 0 Å². The van der Waals surface area contributed by atoms with E-state index in [2.05, 4.69) is 36.6 Å². The van der Waals surface area contributed by atoms with Crippen molar-refractivity contribution in [3.8, 4) is 0 Å². The average molecular weight is 510 g/mol. The molecule has 0 radical (unpaired) electrons. The summed E-state index contributed by atoms with van der Waals surface area (Å²) in [5.41, 5.74) is 0.553. The van der Waals surface area contributed by atoms with Crippen molar-refractivity contribution in [2.24, 2.45) is 17.3 Å². The Kier molecular flexibility index (Phi) is 9.41. The van der Waals surface area contributed by atoms with Gasteiger partial charge < -0.3 is 20.3 Å². The topological polar surface area (TPSA) is 87.7 Å². The van der Waals surface area contributed by atoms with Crippen molar-refractivity contribution >= 4 is 17.7 Å². The Morgan fingerprint density at radius 2 is 1.86 bits per heavy atom. The number of benzene rings is 1. The lowest BCUT2D eigenvalue weighted by Crippen LogP contribution is -2.57. The molecule has 1 aromatic rings. The van der Waals surface area contributed by atoms with Crippen LogP contribution in [0, 0.1) is 17.3 Å². The second-order valence-electron chi connectivity index (χ2n) is 11.5. The third-order valence-electron chi connectivity index (χ3n) is 8.27. The maximum absolute atomic E-state index is 13.8. The molecule has 3 heterocycles. The van der Waals surface area contributed by atoms with E-state index in [1.165, 1.54) is 0 Å². The molecule has 0 aromatic heterocycles. The summed E-state index contributed by atoms with van der Waals surface area (Å²) in [5.74, 6) is 0.506. The maximum atomic E-state index is 13.8. The average Bonchev–Trinajstić information content (AvgIpc) is 2.90. The first-order valence-corrected chi connectivity index (χ1v) is 14.0. The van der Waals surface area contributed by atoms with E-state index in [0.717, 1.165) is 24.8 Å². The molecule has 7 nitrogen and oxygen atoms in total. The van der Waals surface area contributed by atoms with Crippen molar-refractivity contribution in [1.82, 2.24) is 15.5 Å². The Bertz CT molecular complexity index is 953. The maximum Gasteiger partial charge on any atom is 0.242 e. The van der Waals surface area contributed by atoms with E-state index in [4.69, 9.17) is 4.74 Å². The molecule has 3 aliphatic rings. The molecule has 1 spiro atoms. The molecule has 3 amide bonds. The number of nitrogens with zero attached hydrogens (tertiary/aromatic N) is 1. The van der Waals surface area contributed by atoms with Crippen LogP contribution in [0.1, 0.15) is 64.4 Å². The number of amides is 3. The third-order valence-corrected chi connectivity index (χ3v) is 8.27. The fourth-order valence-corrected chi connectivity index (χ4v) is 5.86. The highest BCUT2D eigenvalue weighted by molar-refractivity contribution is 5.90. The summed E-state index contributed by atoms with van der Waals surface area (Å²) >= 11 is 0. The van der Waals surface area contributed by atoms with Crippen molar-refractivity contribution < 1.29 is 19.1 Å². The van der Waals surface area contributed by atoms with Crippen LogP contribution in [-0.4, -0.2) is 61.0 Å². The molecule has 2 saturated heterocycles. The van der Waals surface area contributed by atoms with E-state index in [1.807, 2.05) is 35.2 Å². The van der Waals surface area contributed by atoms with Gasteiger partial charge in [-0.2, -0.15) is 0 Å². The van der Waals surface area contributed by atoms with Gasteiger partial charge in [0.2, 0.25) is 17.7 Å². The Morgan fingerprint density at radius 3 is 2.59 bits per heavy atom. The van der Waals surface area contributed by atoms with Gasteiger partial charge in [0.1, 0.15) is 6.04 Å². The Morgan fingerprint density at radius 1 is 1.11 bits per heavy atom. The highest BCUT2D eigenvalue weighted by Gasteiger charge is 2.43. The number of nitrogens with one attached hydrogen (secondary N) is 2. The van der Waals surface area contributed by atoms with Crippen LogP contribution in [0.15, 0.2) is 42.5 Å². The zero-order valence-electron chi connectivity index (χ0n) is 22.4. The second kappa shape index (κ2) is 12.7. The molecule has 202 valence electrons. The Balaban J connectivity index is 1.45. The van der Waals surface area contributed by atoms with E-state index in [1.54, 1.807) is 0 Å². The first-order valence-electron chi connectivity index (χ1n) is 14.0. The molecule has 2 N–H and O–H groups in total. The number of carbonyl (C=O) groups excluding carboxylic acids is 3. The summed E-state index contributed by atoms with van der Waals surface area (Å²) in [7, 11) is 0. The van der Waals surface area contributed by atoms with Crippen molar-refractivity contribution in [2.75, 3.05) is 26.3 Å². The molecule has 0 saturated carbocycles. The minimum atomic E-state index is -0.607. The summed E-state index contributed by atoms with van der Waals surface area (Å²) in [6.45, 7) is 6.57. The SMILES string of the molecule is CC(C)C[C@@H]1NC(=O)C2(CC=CC[C@@H]3COCC[C@@H]3NC1=O)CCN(C(=O)CCc1ccccc1)CC2. The molecule has 2 fully saturated rings. The van der Waals surface area contributed by atoms with E-state index in [-0.39, 0.29) is 35.6 Å². The highest BCUT2D eigenvalue weighted by atomic mass is 16.5. The third kappa shape index (κ3) is 7.22. The summed E-state index contributed by atoms with van der Waals surface area (Å²) in [6, 6.07) is 9.58. The molecule has 4 rings (SSSR count). The summed E-state index contributed by atoms with van der Waals surface area (Å²) in [4.78, 5) is 41.9. The number of likely N-dealkylation sites (tertiary alicyclic amines) is 1. The van der Waals surface area contributed by atoms with Gasteiger partial charge in [0.15, 0.2) is 0 Å². The quantitative estimate of drug-likeness (QED) is 0.594. The molecular formula is C30H43N3O4. The van der Waals surface area contributed by atoms with E-state index in [9.17, 15) is 14.4 Å². The molecule has 0 bridgehead atoms. The van der Waals surface area contributed by atoms with Gasteiger partial charge >= 0.3 is 0 Å². The van der Waals surface area contributed by atoms with E-state index >= 15 is 0 Å².